The van der Waals surface area contributed by atoms with Crippen molar-refractivity contribution in [2.45, 2.75) is 31.9 Å². The Balaban J connectivity index is 1.95. The lowest BCUT2D eigenvalue weighted by molar-refractivity contribution is -0.151. The highest BCUT2D eigenvalue weighted by Crippen LogP contribution is 2.20. The van der Waals surface area contributed by atoms with Crippen LogP contribution in [0.1, 0.15) is 19.8 Å². The van der Waals surface area contributed by atoms with Gasteiger partial charge in [-0.15, -0.1) is 0 Å². The summed E-state index contributed by atoms with van der Waals surface area (Å²) >= 11 is 0. The van der Waals surface area contributed by atoms with Gasteiger partial charge in [-0.1, -0.05) is 0 Å². The van der Waals surface area contributed by atoms with Crippen molar-refractivity contribution in [3.63, 3.8) is 0 Å². The van der Waals surface area contributed by atoms with Crippen molar-refractivity contribution in [3.05, 3.63) is 0 Å². The third kappa shape index (κ3) is 2.97. The summed E-state index contributed by atoms with van der Waals surface area (Å²) in [5.74, 6) is 0.386. The first-order valence-electron chi connectivity index (χ1n) is 6.46. The van der Waals surface area contributed by atoms with E-state index in [9.17, 15) is 4.79 Å². The molecule has 2 aliphatic rings. The van der Waals surface area contributed by atoms with Crippen molar-refractivity contribution in [1.29, 1.82) is 0 Å². The molecule has 1 amide bonds. The van der Waals surface area contributed by atoms with Gasteiger partial charge in [0.2, 0.25) is 5.91 Å². The second-order valence-electron chi connectivity index (χ2n) is 5.00. The Morgan fingerprint density at radius 2 is 2.18 bits per heavy atom. The maximum absolute atomic E-state index is 12.4. The topological polar surface area (TPSA) is 61.8 Å². The molecule has 17 heavy (non-hydrogen) atoms. The van der Waals surface area contributed by atoms with Crippen LogP contribution in [0.4, 0.5) is 0 Å². The zero-order valence-electron chi connectivity index (χ0n) is 10.4. The summed E-state index contributed by atoms with van der Waals surface area (Å²) < 4.78 is 5.45. The predicted molar refractivity (Wildman–Crippen MR) is 63.6 cm³/mol. The van der Waals surface area contributed by atoms with Crippen LogP contribution in [0.25, 0.3) is 0 Å². The van der Waals surface area contributed by atoms with Crippen LogP contribution in [-0.4, -0.2) is 60.9 Å². The highest BCUT2D eigenvalue weighted by Gasteiger charge is 2.33. The molecule has 0 saturated carbocycles. The van der Waals surface area contributed by atoms with Gasteiger partial charge in [0.1, 0.15) is 0 Å². The molecule has 0 aromatic carbocycles. The van der Waals surface area contributed by atoms with E-state index in [0.29, 0.717) is 13.2 Å². The molecule has 0 aromatic rings. The summed E-state index contributed by atoms with van der Waals surface area (Å²) in [7, 11) is 0. The average molecular weight is 242 g/mol. The van der Waals surface area contributed by atoms with Crippen LogP contribution >= 0.6 is 0 Å². The third-order valence-corrected chi connectivity index (χ3v) is 3.68. The van der Waals surface area contributed by atoms with Crippen molar-refractivity contribution < 1.29 is 14.6 Å². The van der Waals surface area contributed by atoms with Crippen LogP contribution in [0.5, 0.6) is 0 Å². The molecular weight excluding hydrogens is 220 g/mol. The van der Waals surface area contributed by atoms with Crippen molar-refractivity contribution in [2.24, 2.45) is 5.92 Å². The number of ether oxygens (including phenoxy) is 1. The fourth-order valence-electron chi connectivity index (χ4n) is 2.54. The number of carbonyl (C=O) groups is 1. The van der Waals surface area contributed by atoms with Crippen LogP contribution in [0.3, 0.4) is 0 Å². The number of nitrogens with one attached hydrogen (secondary N) is 1. The van der Waals surface area contributed by atoms with Gasteiger partial charge in [0, 0.05) is 12.5 Å². The number of morpholine rings is 1. The van der Waals surface area contributed by atoms with Crippen molar-refractivity contribution in [1.82, 2.24) is 10.2 Å². The number of aliphatic hydroxyl groups is 1. The summed E-state index contributed by atoms with van der Waals surface area (Å²) in [4.78, 5) is 14.3. The Morgan fingerprint density at radius 3 is 2.82 bits per heavy atom. The Hall–Kier alpha value is -0.650. The minimum atomic E-state index is -0.211. The standard InChI is InChI=1S/C12H22N2O3/c1-9-8-17-11(7-15)6-14(9)12(16)10-2-4-13-5-3-10/h9-11,13,15H,2-8H2,1H3. The molecule has 2 unspecified atom stereocenters. The molecule has 0 aliphatic carbocycles. The number of hydrogen-bond donors (Lipinski definition) is 2. The van der Waals surface area contributed by atoms with E-state index in [1.54, 1.807) is 0 Å². The zero-order chi connectivity index (χ0) is 12.3. The van der Waals surface area contributed by atoms with Gasteiger partial charge in [-0.3, -0.25) is 4.79 Å². The highest BCUT2D eigenvalue weighted by molar-refractivity contribution is 5.79. The minimum absolute atomic E-state index is 0.0112. The number of amides is 1. The van der Waals surface area contributed by atoms with E-state index in [2.05, 4.69) is 5.32 Å². The predicted octanol–water partition coefficient (Wildman–Crippen LogP) is -0.406. The first kappa shape index (κ1) is 12.8. The number of piperidine rings is 1. The number of carbonyl (C=O) groups excluding carboxylic acids is 1. The molecule has 2 N–H and O–H groups in total. The summed E-state index contributed by atoms with van der Waals surface area (Å²) in [6.45, 7) is 4.91. The molecule has 5 heteroatoms. The fraction of sp³-hybridized carbons (Fsp3) is 0.917. The minimum Gasteiger partial charge on any atom is -0.394 e. The fourth-order valence-corrected chi connectivity index (χ4v) is 2.54. The highest BCUT2D eigenvalue weighted by atomic mass is 16.5. The molecule has 5 nitrogen and oxygen atoms in total. The molecule has 2 heterocycles. The van der Waals surface area contributed by atoms with Crippen LogP contribution in [-0.2, 0) is 9.53 Å². The first-order chi connectivity index (χ1) is 8.22. The van der Waals surface area contributed by atoms with Crippen LogP contribution < -0.4 is 5.32 Å². The second-order valence-corrected chi connectivity index (χ2v) is 5.00. The van der Waals surface area contributed by atoms with E-state index in [0.717, 1.165) is 25.9 Å². The number of rotatable bonds is 2. The average Bonchev–Trinajstić information content (AvgIpc) is 2.39. The van der Waals surface area contributed by atoms with Crippen molar-refractivity contribution in [3.8, 4) is 0 Å². The van der Waals surface area contributed by atoms with E-state index < -0.39 is 0 Å². The molecule has 2 saturated heterocycles. The summed E-state index contributed by atoms with van der Waals surface area (Å²) in [5.41, 5.74) is 0. The maximum atomic E-state index is 12.4. The molecule has 2 atom stereocenters. The quantitative estimate of drug-likeness (QED) is 0.691. The Kier molecular flexibility index (Phi) is 4.36. The van der Waals surface area contributed by atoms with E-state index in [-0.39, 0.29) is 30.6 Å². The van der Waals surface area contributed by atoms with Crippen LogP contribution in [0.15, 0.2) is 0 Å². The van der Waals surface area contributed by atoms with Gasteiger partial charge < -0.3 is 20.1 Å². The van der Waals surface area contributed by atoms with Gasteiger partial charge in [-0.25, -0.2) is 0 Å². The monoisotopic (exact) mass is 242 g/mol. The number of hydrogen-bond acceptors (Lipinski definition) is 4. The second kappa shape index (κ2) is 5.80. The van der Waals surface area contributed by atoms with E-state index in [1.807, 2.05) is 11.8 Å². The van der Waals surface area contributed by atoms with Crippen LogP contribution in [0, 0.1) is 5.92 Å². The maximum Gasteiger partial charge on any atom is 0.226 e. The summed E-state index contributed by atoms with van der Waals surface area (Å²) in [5, 5.41) is 12.4. The first-order valence-corrected chi connectivity index (χ1v) is 6.46. The molecule has 0 radical (unpaired) electrons. The smallest absolute Gasteiger partial charge is 0.226 e. The zero-order valence-corrected chi connectivity index (χ0v) is 10.4. The van der Waals surface area contributed by atoms with Gasteiger partial charge >= 0.3 is 0 Å². The molecule has 2 rings (SSSR count). The summed E-state index contributed by atoms with van der Waals surface area (Å²) in [6, 6.07) is 0.125. The number of nitrogens with zero attached hydrogens (tertiary/aromatic N) is 1. The molecule has 2 fully saturated rings. The third-order valence-electron chi connectivity index (χ3n) is 3.68. The summed E-state index contributed by atoms with van der Waals surface area (Å²) in [6.07, 6.45) is 1.64. The van der Waals surface area contributed by atoms with Crippen molar-refractivity contribution in [2.75, 3.05) is 32.8 Å². The lowest BCUT2D eigenvalue weighted by atomic mass is 9.95. The van der Waals surface area contributed by atoms with Gasteiger partial charge in [0.05, 0.1) is 25.4 Å². The number of aliphatic hydroxyl groups excluding tert-OH is 1. The molecule has 2 aliphatic heterocycles. The molecule has 98 valence electrons. The largest absolute Gasteiger partial charge is 0.394 e. The molecule has 0 spiro atoms. The molecular formula is C12H22N2O3. The normalized spacial score (nSPS) is 31.5. The van der Waals surface area contributed by atoms with Crippen molar-refractivity contribution >= 4 is 5.91 Å². The lowest BCUT2D eigenvalue weighted by Gasteiger charge is -2.39. The van der Waals surface area contributed by atoms with Crippen LogP contribution in [0.2, 0.25) is 0 Å². The lowest BCUT2D eigenvalue weighted by Crippen LogP contribution is -2.54. The Bertz CT molecular complexity index is 266. The van der Waals surface area contributed by atoms with Gasteiger partial charge in [0.15, 0.2) is 0 Å². The van der Waals surface area contributed by atoms with E-state index >= 15 is 0 Å². The Morgan fingerprint density at radius 1 is 1.47 bits per heavy atom. The van der Waals surface area contributed by atoms with Gasteiger partial charge in [-0.05, 0) is 32.9 Å². The van der Waals surface area contributed by atoms with Gasteiger partial charge in [0.25, 0.3) is 0 Å². The Labute approximate surface area is 102 Å². The van der Waals surface area contributed by atoms with E-state index in [1.165, 1.54) is 0 Å². The SMILES string of the molecule is CC1COC(CO)CN1C(=O)C1CCNCC1. The molecule has 0 bridgehead atoms. The molecule has 0 aromatic heterocycles. The van der Waals surface area contributed by atoms with E-state index in [4.69, 9.17) is 9.84 Å². The van der Waals surface area contributed by atoms with Gasteiger partial charge in [-0.2, -0.15) is 0 Å².